The second kappa shape index (κ2) is 7.99. The van der Waals surface area contributed by atoms with E-state index in [0.717, 1.165) is 25.0 Å². The molecule has 1 N–H and O–H groups in total. The van der Waals surface area contributed by atoms with Gasteiger partial charge >= 0.3 is 0 Å². The number of carbonyl (C=O) groups excluding carboxylic acids is 1. The lowest BCUT2D eigenvalue weighted by atomic mass is 10.1. The monoisotopic (exact) mass is 304 g/mol. The van der Waals surface area contributed by atoms with E-state index in [1.54, 1.807) is 24.3 Å². The van der Waals surface area contributed by atoms with Gasteiger partial charge < -0.3 is 0 Å². The van der Waals surface area contributed by atoms with Crippen LogP contribution in [0.1, 0.15) is 55.8 Å². The van der Waals surface area contributed by atoms with Gasteiger partial charge in [0.25, 0.3) is 5.91 Å². The van der Waals surface area contributed by atoms with E-state index in [2.05, 4.69) is 23.5 Å². The highest BCUT2D eigenvalue weighted by molar-refractivity contribution is 6.33. The zero-order valence-corrected chi connectivity index (χ0v) is 13.1. The first-order chi connectivity index (χ1) is 10.2. The molecule has 2 rings (SSSR count). The molecule has 112 valence electrons. The average molecular weight is 305 g/mol. The minimum atomic E-state index is -0.257. The van der Waals surface area contributed by atoms with Gasteiger partial charge in [0.2, 0.25) is 0 Å². The van der Waals surface area contributed by atoms with Crippen molar-refractivity contribution in [2.24, 2.45) is 5.10 Å². The number of carbonyl (C=O) groups is 1. The van der Waals surface area contributed by atoms with E-state index in [1.165, 1.54) is 24.8 Å². The molecule has 1 aromatic carbocycles. The highest BCUT2D eigenvalue weighted by atomic mass is 35.5. The summed E-state index contributed by atoms with van der Waals surface area (Å²) in [6, 6.07) is 7.00. The lowest BCUT2D eigenvalue weighted by Gasteiger charge is -2.06. The fourth-order valence-electron chi connectivity index (χ4n) is 2.42. The smallest absolute Gasteiger partial charge is 0.267 e. The molecule has 0 aromatic heterocycles. The number of unbranched alkanes of at least 4 members (excludes halogenated alkanes) is 2. The van der Waals surface area contributed by atoms with Crippen LogP contribution in [0.4, 0.5) is 0 Å². The van der Waals surface area contributed by atoms with Crippen molar-refractivity contribution in [3.63, 3.8) is 0 Å². The summed E-state index contributed by atoms with van der Waals surface area (Å²) in [6.45, 7) is 2.20. The Morgan fingerprint density at radius 3 is 2.90 bits per heavy atom. The Kier molecular flexibility index (Phi) is 6.00. The van der Waals surface area contributed by atoms with E-state index in [9.17, 15) is 4.79 Å². The lowest BCUT2D eigenvalue weighted by molar-refractivity contribution is 0.0955. The summed E-state index contributed by atoms with van der Waals surface area (Å²) in [6.07, 6.45) is 8.83. The molecule has 3 nitrogen and oxygen atoms in total. The van der Waals surface area contributed by atoms with Crippen LogP contribution >= 0.6 is 11.6 Å². The number of benzene rings is 1. The van der Waals surface area contributed by atoms with Crippen molar-refractivity contribution in [2.45, 2.75) is 45.4 Å². The number of hydrogen-bond acceptors (Lipinski definition) is 2. The van der Waals surface area contributed by atoms with E-state index in [4.69, 9.17) is 11.6 Å². The molecule has 4 heteroatoms. The molecule has 0 saturated carbocycles. The molecule has 21 heavy (non-hydrogen) atoms. The number of hydrogen-bond donors (Lipinski definition) is 1. The van der Waals surface area contributed by atoms with Crippen LogP contribution in [0.3, 0.4) is 0 Å². The third-order valence-corrected chi connectivity index (χ3v) is 3.93. The molecule has 0 spiro atoms. The zero-order chi connectivity index (χ0) is 15.1. The summed E-state index contributed by atoms with van der Waals surface area (Å²) in [5.74, 6) is -0.257. The van der Waals surface area contributed by atoms with E-state index >= 15 is 0 Å². The van der Waals surface area contributed by atoms with Crippen molar-refractivity contribution in [1.29, 1.82) is 0 Å². The van der Waals surface area contributed by atoms with Crippen molar-refractivity contribution in [3.05, 3.63) is 46.5 Å². The number of nitrogens with one attached hydrogen (secondary N) is 1. The largest absolute Gasteiger partial charge is 0.272 e. The number of allylic oxidation sites excluding steroid dienone is 2. The van der Waals surface area contributed by atoms with Gasteiger partial charge in [-0.05, 0) is 43.4 Å². The fourth-order valence-corrected chi connectivity index (χ4v) is 2.65. The van der Waals surface area contributed by atoms with Crippen LogP contribution in [0.25, 0.3) is 0 Å². The van der Waals surface area contributed by atoms with E-state index in [0.29, 0.717) is 10.6 Å². The molecule has 0 fully saturated rings. The van der Waals surface area contributed by atoms with Gasteiger partial charge in [-0.2, -0.15) is 5.10 Å². The molecule has 0 atom stereocenters. The van der Waals surface area contributed by atoms with Crippen molar-refractivity contribution in [3.8, 4) is 0 Å². The summed E-state index contributed by atoms with van der Waals surface area (Å²) >= 11 is 6.01. The Morgan fingerprint density at radius 2 is 2.14 bits per heavy atom. The van der Waals surface area contributed by atoms with E-state index in [1.807, 2.05) is 0 Å². The predicted molar refractivity (Wildman–Crippen MR) is 87.8 cm³/mol. The average Bonchev–Trinajstić information content (AvgIpc) is 2.93. The molecule has 1 aliphatic rings. The minimum Gasteiger partial charge on any atom is -0.267 e. The van der Waals surface area contributed by atoms with Crippen molar-refractivity contribution >= 4 is 23.2 Å². The van der Waals surface area contributed by atoms with Crippen molar-refractivity contribution < 1.29 is 4.79 Å². The molecular formula is C17H21ClN2O. The Bertz CT molecular complexity index is 564. The molecule has 0 heterocycles. The minimum absolute atomic E-state index is 0.257. The summed E-state index contributed by atoms with van der Waals surface area (Å²) in [4.78, 5) is 12.1. The van der Waals surface area contributed by atoms with Crippen LogP contribution in [0.2, 0.25) is 5.02 Å². The third-order valence-electron chi connectivity index (χ3n) is 3.60. The predicted octanol–water partition coefficient (Wildman–Crippen LogP) is 4.73. The maximum Gasteiger partial charge on any atom is 0.272 e. The van der Waals surface area contributed by atoms with Crippen molar-refractivity contribution in [1.82, 2.24) is 5.43 Å². The highest BCUT2D eigenvalue weighted by Gasteiger charge is 2.14. The summed E-state index contributed by atoms with van der Waals surface area (Å²) in [7, 11) is 0. The van der Waals surface area contributed by atoms with E-state index in [-0.39, 0.29) is 5.91 Å². The zero-order valence-electron chi connectivity index (χ0n) is 12.4. The third kappa shape index (κ3) is 4.43. The first kappa shape index (κ1) is 15.8. The molecule has 0 radical (unpaired) electrons. The van der Waals surface area contributed by atoms with Gasteiger partial charge in [-0.3, -0.25) is 4.79 Å². The number of halogens is 1. The van der Waals surface area contributed by atoms with Crippen molar-refractivity contribution in [2.75, 3.05) is 0 Å². The topological polar surface area (TPSA) is 41.5 Å². The molecule has 1 aromatic rings. The molecule has 1 amide bonds. The fraction of sp³-hybridized carbons (Fsp3) is 0.412. The van der Waals surface area contributed by atoms with Gasteiger partial charge in [0.15, 0.2) is 0 Å². The van der Waals surface area contributed by atoms with Crippen LogP contribution in [-0.4, -0.2) is 11.6 Å². The maximum absolute atomic E-state index is 12.1. The summed E-state index contributed by atoms with van der Waals surface area (Å²) < 4.78 is 0. The van der Waals surface area contributed by atoms with Gasteiger partial charge in [0.05, 0.1) is 16.3 Å². The van der Waals surface area contributed by atoms with Crippen LogP contribution < -0.4 is 5.43 Å². The first-order valence-corrected chi connectivity index (χ1v) is 7.91. The molecule has 0 unspecified atom stereocenters. The molecule has 0 aliphatic heterocycles. The van der Waals surface area contributed by atoms with E-state index < -0.39 is 0 Å². The lowest BCUT2D eigenvalue weighted by Crippen LogP contribution is -2.20. The van der Waals surface area contributed by atoms with Crippen LogP contribution in [0.15, 0.2) is 41.0 Å². The Balaban J connectivity index is 1.96. The van der Waals surface area contributed by atoms with Gasteiger partial charge in [0, 0.05) is 0 Å². The second-order valence-electron chi connectivity index (χ2n) is 5.20. The van der Waals surface area contributed by atoms with Gasteiger partial charge in [-0.15, -0.1) is 0 Å². The normalized spacial score (nSPS) is 16.1. The van der Waals surface area contributed by atoms with Crippen LogP contribution in [0.5, 0.6) is 0 Å². The van der Waals surface area contributed by atoms with Gasteiger partial charge in [0.1, 0.15) is 0 Å². The van der Waals surface area contributed by atoms with Gasteiger partial charge in [-0.1, -0.05) is 49.6 Å². The first-order valence-electron chi connectivity index (χ1n) is 7.53. The quantitative estimate of drug-likeness (QED) is 0.599. The molecule has 1 aliphatic carbocycles. The standard InChI is InChI=1S/C17H21ClN2O/c1-2-3-4-8-13-9-7-12-16(13)19-20-17(21)14-10-5-6-11-15(14)18/h5-6,9-11H,2-4,7-8,12H2,1H3,(H,20,21). The number of nitrogens with zero attached hydrogens (tertiary/aromatic N) is 1. The number of hydrazone groups is 1. The summed E-state index contributed by atoms with van der Waals surface area (Å²) in [5, 5.41) is 4.74. The molecular weight excluding hydrogens is 284 g/mol. The number of rotatable bonds is 6. The summed E-state index contributed by atoms with van der Waals surface area (Å²) in [5.41, 5.74) is 5.37. The number of amides is 1. The Hall–Kier alpha value is -1.61. The Morgan fingerprint density at radius 1 is 1.33 bits per heavy atom. The molecule has 0 bridgehead atoms. The van der Waals surface area contributed by atoms with Crippen LogP contribution in [-0.2, 0) is 0 Å². The second-order valence-corrected chi connectivity index (χ2v) is 5.61. The highest BCUT2D eigenvalue weighted by Crippen LogP contribution is 2.21. The van der Waals surface area contributed by atoms with Gasteiger partial charge in [-0.25, -0.2) is 5.43 Å². The SMILES string of the molecule is CCCCCC1=CCCC1=NNC(=O)c1ccccc1Cl. The van der Waals surface area contributed by atoms with Crippen LogP contribution in [0, 0.1) is 0 Å². The Labute approximate surface area is 131 Å². The molecule has 0 saturated heterocycles. The maximum atomic E-state index is 12.1.